The first-order chi connectivity index (χ1) is 17.1. The Morgan fingerprint density at radius 2 is 1.89 bits per heavy atom. The first-order valence-corrected chi connectivity index (χ1v) is 12.2. The van der Waals surface area contributed by atoms with Gasteiger partial charge < -0.3 is 14.1 Å². The summed E-state index contributed by atoms with van der Waals surface area (Å²) in [6.45, 7) is 4.22. The molecule has 1 fully saturated rings. The standard InChI is InChI=1S/C27H25ClN4O3.ClH/c1-34-25-15-19(28)4-6-21(25)26-16-22-24(35-26)8-11-31(27(22)33)20-5-7-23-18(14-20)17-29-32(23)13-12-30-9-2-3-10-30;/h4-8,11,14-17H,2-3,9-10,12-13H2,1H3;1H. The lowest BCUT2D eigenvalue weighted by Crippen LogP contribution is -2.24. The number of ether oxygens (including phenoxy) is 1. The average molecular weight is 525 g/mol. The van der Waals surface area contributed by atoms with Crippen molar-refractivity contribution in [3.8, 4) is 22.8 Å². The van der Waals surface area contributed by atoms with Gasteiger partial charge in [0.2, 0.25) is 0 Å². The minimum atomic E-state index is -0.147. The second kappa shape index (κ2) is 10.0. The molecule has 0 unspecified atom stereocenters. The van der Waals surface area contributed by atoms with E-state index >= 15 is 0 Å². The highest BCUT2D eigenvalue weighted by Crippen LogP contribution is 2.35. The molecule has 3 aromatic heterocycles. The molecule has 0 atom stereocenters. The van der Waals surface area contributed by atoms with Crippen LogP contribution in [0.3, 0.4) is 0 Å². The van der Waals surface area contributed by atoms with Crippen molar-refractivity contribution in [2.75, 3.05) is 26.7 Å². The third kappa shape index (κ3) is 4.39. The number of likely N-dealkylation sites (tertiary alicyclic amines) is 1. The number of hydrogen-bond acceptors (Lipinski definition) is 5. The van der Waals surface area contributed by atoms with Gasteiger partial charge in [-0.05, 0) is 74.5 Å². The Labute approximate surface area is 219 Å². The zero-order chi connectivity index (χ0) is 23.9. The number of hydrogen-bond donors (Lipinski definition) is 0. The maximum atomic E-state index is 13.4. The number of fused-ring (bicyclic) bond motifs is 2. The van der Waals surface area contributed by atoms with Crippen LogP contribution in [0.5, 0.6) is 5.75 Å². The van der Waals surface area contributed by atoms with Crippen LogP contribution in [-0.4, -0.2) is 46.0 Å². The van der Waals surface area contributed by atoms with Gasteiger partial charge in [0.15, 0.2) is 0 Å². The number of rotatable bonds is 6. The molecule has 7 nitrogen and oxygen atoms in total. The highest BCUT2D eigenvalue weighted by Gasteiger charge is 2.16. The molecule has 5 aromatic rings. The predicted octanol–water partition coefficient (Wildman–Crippen LogP) is 5.78. The van der Waals surface area contributed by atoms with Crippen molar-refractivity contribution in [1.29, 1.82) is 0 Å². The van der Waals surface area contributed by atoms with Gasteiger partial charge in [0.1, 0.15) is 17.1 Å². The van der Waals surface area contributed by atoms with Gasteiger partial charge in [-0.3, -0.25) is 14.0 Å². The lowest BCUT2D eigenvalue weighted by atomic mass is 10.1. The Morgan fingerprint density at radius 3 is 2.69 bits per heavy atom. The number of nitrogens with zero attached hydrogens (tertiary/aromatic N) is 4. The molecule has 0 spiro atoms. The fraction of sp³-hybridized carbons (Fsp3) is 0.259. The number of furan rings is 1. The van der Waals surface area contributed by atoms with Crippen molar-refractivity contribution < 1.29 is 9.15 Å². The Balaban J connectivity index is 0.00000267. The van der Waals surface area contributed by atoms with E-state index in [1.165, 1.54) is 25.9 Å². The van der Waals surface area contributed by atoms with Crippen LogP contribution in [0.4, 0.5) is 0 Å². The van der Waals surface area contributed by atoms with Gasteiger partial charge in [0.25, 0.3) is 5.56 Å². The fourth-order valence-corrected chi connectivity index (χ4v) is 5.05. The smallest absolute Gasteiger partial charge is 0.266 e. The summed E-state index contributed by atoms with van der Waals surface area (Å²) >= 11 is 6.09. The highest BCUT2D eigenvalue weighted by molar-refractivity contribution is 6.30. The average Bonchev–Trinajstić information content (AvgIpc) is 3.62. The van der Waals surface area contributed by atoms with Gasteiger partial charge in [-0.25, -0.2) is 0 Å². The summed E-state index contributed by atoms with van der Waals surface area (Å²) in [5, 5.41) is 6.67. The third-order valence-electron chi connectivity index (χ3n) is 6.74. The van der Waals surface area contributed by atoms with Gasteiger partial charge in [-0.1, -0.05) is 11.6 Å². The van der Waals surface area contributed by atoms with Crippen LogP contribution in [0.2, 0.25) is 5.02 Å². The second-order valence-electron chi connectivity index (χ2n) is 8.88. The number of benzene rings is 2. The van der Waals surface area contributed by atoms with Crippen LogP contribution in [0.25, 0.3) is 38.9 Å². The molecule has 0 amide bonds. The molecule has 186 valence electrons. The predicted molar refractivity (Wildman–Crippen MR) is 145 cm³/mol. The van der Waals surface area contributed by atoms with Crippen LogP contribution in [-0.2, 0) is 6.54 Å². The lowest BCUT2D eigenvalue weighted by molar-refractivity contribution is 0.318. The summed E-state index contributed by atoms with van der Waals surface area (Å²) in [7, 11) is 1.58. The summed E-state index contributed by atoms with van der Waals surface area (Å²) in [5.74, 6) is 1.14. The van der Waals surface area contributed by atoms with Crippen molar-refractivity contribution in [2.45, 2.75) is 19.4 Å². The van der Waals surface area contributed by atoms with E-state index in [4.69, 9.17) is 20.8 Å². The Hall–Kier alpha value is -3.26. The monoisotopic (exact) mass is 524 g/mol. The normalized spacial score (nSPS) is 13.9. The first-order valence-electron chi connectivity index (χ1n) is 11.8. The van der Waals surface area contributed by atoms with E-state index in [1.807, 2.05) is 41.2 Å². The van der Waals surface area contributed by atoms with E-state index in [-0.39, 0.29) is 18.0 Å². The largest absolute Gasteiger partial charge is 0.496 e. The summed E-state index contributed by atoms with van der Waals surface area (Å²) < 4.78 is 15.1. The van der Waals surface area contributed by atoms with E-state index in [9.17, 15) is 4.79 Å². The van der Waals surface area contributed by atoms with E-state index in [0.29, 0.717) is 27.5 Å². The van der Waals surface area contributed by atoms with Gasteiger partial charge >= 0.3 is 0 Å². The van der Waals surface area contributed by atoms with E-state index in [1.54, 1.807) is 36.1 Å². The molecular formula is C27H26Cl2N4O3. The molecule has 1 saturated heterocycles. The molecule has 0 aliphatic carbocycles. The highest BCUT2D eigenvalue weighted by atomic mass is 35.5. The van der Waals surface area contributed by atoms with E-state index < -0.39 is 0 Å². The molecule has 0 N–H and O–H groups in total. The summed E-state index contributed by atoms with van der Waals surface area (Å²) in [6, 6.07) is 14.9. The van der Waals surface area contributed by atoms with E-state index in [2.05, 4.69) is 10.00 Å². The van der Waals surface area contributed by atoms with Crippen molar-refractivity contribution in [2.24, 2.45) is 0 Å². The second-order valence-corrected chi connectivity index (χ2v) is 9.32. The molecule has 0 radical (unpaired) electrons. The number of aromatic nitrogens is 3. The summed E-state index contributed by atoms with van der Waals surface area (Å²) in [6.07, 6.45) is 6.19. The topological polar surface area (TPSA) is 65.4 Å². The van der Waals surface area contributed by atoms with Crippen molar-refractivity contribution in [1.82, 2.24) is 19.2 Å². The molecule has 0 bridgehead atoms. The van der Waals surface area contributed by atoms with E-state index in [0.717, 1.165) is 35.2 Å². The Bertz CT molecular complexity index is 1600. The molecule has 2 aromatic carbocycles. The number of pyridine rings is 1. The Morgan fingerprint density at radius 1 is 1.06 bits per heavy atom. The zero-order valence-electron chi connectivity index (χ0n) is 19.8. The van der Waals surface area contributed by atoms with Gasteiger partial charge in [-0.2, -0.15) is 5.10 Å². The maximum Gasteiger partial charge on any atom is 0.266 e. The number of halogens is 2. The van der Waals surface area contributed by atoms with Crippen molar-refractivity contribution in [3.05, 3.63) is 76.3 Å². The molecule has 0 saturated carbocycles. The van der Waals surface area contributed by atoms with Crippen LogP contribution in [0.15, 0.2) is 70.1 Å². The molecule has 6 rings (SSSR count). The van der Waals surface area contributed by atoms with Gasteiger partial charge in [0, 0.05) is 28.8 Å². The molecule has 9 heteroatoms. The molecular weight excluding hydrogens is 499 g/mol. The summed E-state index contributed by atoms with van der Waals surface area (Å²) in [5.41, 5.74) is 2.97. The van der Waals surface area contributed by atoms with Crippen LogP contribution < -0.4 is 10.3 Å². The molecule has 1 aliphatic rings. The Kier molecular flexibility index (Phi) is 6.79. The van der Waals surface area contributed by atoms with Crippen molar-refractivity contribution in [3.63, 3.8) is 0 Å². The van der Waals surface area contributed by atoms with Crippen LogP contribution >= 0.6 is 24.0 Å². The molecule has 36 heavy (non-hydrogen) atoms. The maximum absolute atomic E-state index is 13.4. The minimum Gasteiger partial charge on any atom is -0.496 e. The fourth-order valence-electron chi connectivity index (χ4n) is 4.89. The third-order valence-corrected chi connectivity index (χ3v) is 6.98. The zero-order valence-corrected chi connectivity index (χ0v) is 21.4. The minimum absolute atomic E-state index is 0. The van der Waals surface area contributed by atoms with Gasteiger partial charge in [0.05, 0.1) is 36.3 Å². The van der Waals surface area contributed by atoms with Crippen LogP contribution in [0, 0.1) is 0 Å². The SMILES string of the molecule is COc1cc(Cl)ccc1-c1cc2c(=O)n(-c3ccc4c(cnn4CCN4CCCC4)c3)ccc2o1.Cl. The quantitative estimate of drug-likeness (QED) is 0.281. The van der Waals surface area contributed by atoms with Gasteiger partial charge in [-0.15, -0.1) is 12.4 Å². The van der Waals surface area contributed by atoms with Crippen molar-refractivity contribution >= 4 is 45.9 Å². The first kappa shape index (κ1) is 24.4. The number of methoxy groups -OCH3 is 1. The molecule has 4 heterocycles. The molecule has 1 aliphatic heterocycles. The lowest BCUT2D eigenvalue weighted by Gasteiger charge is -2.14. The summed E-state index contributed by atoms with van der Waals surface area (Å²) in [4.78, 5) is 15.9. The van der Waals surface area contributed by atoms with Crippen LogP contribution in [0.1, 0.15) is 12.8 Å².